The third-order valence-electron chi connectivity index (χ3n) is 1.97. The Balaban J connectivity index is 4.09. The fourth-order valence-electron chi connectivity index (χ4n) is 1.02. The van der Waals surface area contributed by atoms with Crippen LogP contribution >= 0.6 is 0 Å². The van der Waals surface area contributed by atoms with Gasteiger partial charge in [0.15, 0.2) is 0 Å². The van der Waals surface area contributed by atoms with Gasteiger partial charge in [-0.1, -0.05) is 39.3 Å². The average Bonchev–Trinajstić information content (AvgIpc) is 2.02. The minimum atomic E-state index is 0.109. The Labute approximate surface area is 70.3 Å². The molecule has 0 aromatic rings. The molecule has 0 heterocycles. The second-order valence-corrected chi connectivity index (χ2v) is 3.16. The van der Waals surface area contributed by atoms with Crippen LogP contribution in [0.2, 0.25) is 0 Å². The van der Waals surface area contributed by atoms with Crippen LogP contribution in [-0.2, 0) is 0 Å². The van der Waals surface area contributed by atoms with E-state index in [1.54, 1.807) is 0 Å². The molecule has 0 aliphatic heterocycles. The lowest BCUT2D eigenvalue weighted by Gasteiger charge is -2.19. The van der Waals surface area contributed by atoms with E-state index in [0.29, 0.717) is 0 Å². The number of allylic oxidation sites excluding steroid dienone is 2. The largest absolute Gasteiger partial charge is 0.132 e. The summed E-state index contributed by atoms with van der Waals surface area (Å²) in [6.45, 7) is 11.7. The van der Waals surface area contributed by atoms with E-state index in [2.05, 4.69) is 32.7 Å². The molecule has 11 heavy (non-hydrogen) atoms. The highest BCUT2D eigenvalue weighted by molar-refractivity contribution is 5.05. The highest BCUT2D eigenvalue weighted by Gasteiger charge is 2.14. The molecule has 0 N–H and O–H groups in total. The van der Waals surface area contributed by atoms with Gasteiger partial charge in [0.25, 0.3) is 0 Å². The summed E-state index contributed by atoms with van der Waals surface area (Å²) in [5.74, 6) is 0. The summed E-state index contributed by atoms with van der Waals surface area (Å²) in [6, 6.07) is 0. The molecule has 0 rings (SSSR count). The van der Waals surface area contributed by atoms with Gasteiger partial charge in [-0.05, 0) is 12.5 Å². The molecule has 0 radical (unpaired) electrons. The predicted octanol–water partition coefficient (Wildman–Crippen LogP) is 3.71. The van der Waals surface area contributed by atoms with Crippen LogP contribution < -0.4 is 0 Å². The van der Waals surface area contributed by atoms with Crippen LogP contribution in [0.3, 0.4) is 0 Å². The standard InChI is InChI=1S/C11H18/c1-5-8-10-11(4,7-3)9-6-2/h7,9H,2-3,5,8,10H2,1,4H3. The molecule has 0 saturated carbocycles. The highest BCUT2D eigenvalue weighted by atomic mass is 14.2. The Bertz CT molecular complexity index is 161. The molecule has 0 heteroatoms. The van der Waals surface area contributed by atoms with Crippen LogP contribution in [0, 0.1) is 5.41 Å². The van der Waals surface area contributed by atoms with Gasteiger partial charge < -0.3 is 0 Å². The fraction of sp³-hybridized carbons (Fsp3) is 0.545. The number of hydrogen-bond donors (Lipinski definition) is 0. The topological polar surface area (TPSA) is 0 Å². The van der Waals surface area contributed by atoms with Gasteiger partial charge in [-0.15, -0.1) is 12.3 Å². The summed E-state index contributed by atoms with van der Waals surface area (Å²) in [5.41, 5.74) is 2.93. The Morgan fingerprint density at radius 2 is 2.18 bits per heavy atom. The van der Waals surface area contributed by atoms with E-state index in [1.165, 1.54) is 12.8 Å². The van der Waals surface area contributed by atoms with Crippen LogP contribution in [0.25, 0.3) is 0 Å². The van der Waals surface area contributed by atoms with Crippen molar-refractivity contribution >= 4 is 0 Å². The highest BCUT2D eigenvalue weighted by Crippen LogP contribution is 2.26. The van der Waals surface area contributed by atoms with Crippen molar-refractivity contribution in [3.8, 4) is 0 Å². The summed E-state index contributed by atoms with van der Waals surface area (Å²) >= 11 is 0. The van der Waals surface area contributed by atoms with E-state index in [4.69, 9.17) is 0 Å². The van der Waals surface area contributed by atoms with Gasteiger partial charge in [-0.2, -0.15) is 0 Å². The average molecular weight is 150 g/mol. The SMILES string of the molecule is C=C=CC(C)(C=C)CCCC. The minimum absolute atomic E-state index is 0.109. The van der Waals surface area contributed by atoms with Gasteiger partial charge in [0.2, 0.25) is 0 Å². The zero-order chi connectivity index (χ0) is 8.74. The second-order valence-electron chi connectivity index (χ2n) is 3.16. The van der Waals surface area contributed by atoms with Crippen LogP contribution in [0.15, 0.2) is 31.0 Å². The quantitative estimate of drug-likeness (QED) is 0.414. The molecule has 62 valence electrons. The molecule has 0 aliphatic carbocycles. The molecule has 1 atom stereocenters. The third kappa shape index (κ3) is 3.85. The molecule has 0 bridgehead atoms. The maximum absolute atomic E-state index is 3.81. The molecular weight excluding hydrogens is 132 g/mol. The Kier molecular flexibility index (Phi) is 4.65. The van der Waals surface area contributed by atoms with E-state index < -0.39 is 0 Å². The summed E-state index contributed by atoms with van der Waals surface area (Å²) in [6.07, 6.45) is 7.58. The van der Waals surface area contributed by atoms with Gasteiger partial charge >= 0.3 is 0 Å². The Morgan fingerprint density at radius 3 is 2.55 bits per heavy atom. The molecule has 0 nitrogen and oxygen atoms in total. The number of hydrogen-bond acceptors (Lipinski definition) is 0. The van der Waals surface area contributed by atoms with Crippen molar-refractivity contribution in [3.63, 3.8) is 0 Å². The smallest absolute Gasteiger partial charge is 0.0105 e. The first-order valence-electron chi connectivity index (χ1n) is 4.19. The van der Waals surface area contributed by atoms with Crippen LogP contribution in [-0.4, -0.2) is 0 Å². The van der Waals surface area contributed by atoms with E-state index in [9.17, 15) is 0 Å². The lowest BCUT2D eigenvalue weighted by Crippen LogP contribution is -2.07. The van der Waals surface area contributed by atoms with Crippen molar-refractivity contribution in [3.05, 3.63) is 31.0 Å². The lowest BCUT2D eigenvalue weighted by atomic mass is 9.85. The van der Waals surface area contributed by atoms with Crippen molar-refractivity contribution in [2.75, 3.05) is 0 Å². The van der Waals surface area contributed by atoms with E-state index in [1.807, 2.05) is 12.2 Å². The molecule has 0 fully saturated rings. The van der Waals surface area contributed by atoms with Crippen LogP contribution in [0.5, 0.6) is 0 Å². The van der Waals surface area contributed by atoms with Gasteiger partial charge in [-0.3, -0.25) is 0 Å². The first kappa shape index (κ1) is 10.3. The van der Waals surface area contributed by atoms with Crippen molar-refractivity contribution < 1.29 is 0 Å². The predicted molar refractivity (Wildman–Crippen MR) is 51.5 cm³/mol. The minimum Gasteiger partial charge on any atom is -0.132 e. The van der Waals surface area contributed by atoms with Crippen molar-refractivity contribution in [1.82, 2.24) is 0 Å². The van der Waals surface area contributed by atoms with E-state index >= 15 is 0 Å². The van der Waals surface area contributed by atoms with E-state index in [-0.39, 0.29) is 5.41 Å². The summed E-state index contributed by atoms with van der Waals surface area (Å²) in [4.78, 5) is 0. The van der Waals surface area contributed by atoms with Crippen molar-refractivity contribution in [2.24, 2.45) is 5.41 Å². The first-order chi connectivity index (χ1) is 5.18. The van der Waals surface area contributed by atoms with Crippen LogP contribution in [0.4, 0.5) is 0 Å². The second kappa shape index (κ2) is 4.98. The molecule has 0 aromatic carbocycles. The number of unbranched alkanes of at least 4 members (excludes halogenated alkanes) is 1. The van der Waals surface area contributed by atoms with E-state index in [0.717, 1.165) is 6.42 Å². The van der Waals surface area contributed by atoms with Gasteiger partial charge in [0.1, 0.15) is 0 Å². The van der Waals surface area contributed by atoms with Gasteiger partial charge in [-0.25, -0.2) is 0 Å². The summed E-state index contributed by atoms with van der Waals surface area (Å²) in [5, 5.41) is 0. The van der Waals surface area contributed by atoms with Gasteiger partial charge in [0, 0.05) is 5.41 Å². The zero-order valence-corrected chi connectivity index (χ0v) is 7.69. The first-order valence-corrected chi connectivity index (χ1v) is 4.19. The molecule has 0 spiro atoms. The third-order valence-corrected chi connectivity index (χ3v) is 1.97. The lowest BCUT2D eigenvalue weighted by molar-refractivity contribution is 0.476. The molecule has 0 saturated heterocycles. The van der Waals surface area contributed by atoms with Crippen molar-refractivity contribution in [2.45, 2.75) is 33.1 Å². The van der Waals surface area contributed by atoms with Crippen LogP contribution in [0.1, 0.15) is 33.1 Å². The molecule has 0 aliphatic rings. The molecule has 1 unspecified atom stereocenters. The fourth-order valence-corrected chi connectivity index (χ4v) is 1.02. The van der Waals surface area contributed by atoms with Crippen molar-refractivity contribution in [1.29, 1.82) is 0 Å². The summed E-state index contributed by atoms with van der Waals surface area (Å²) < 4.78 is 0. The van der Waals surface area contributed by atoms with Gasteiger partial charge in [0.05, 0.1) is 0 Å². The normalized spacial score (nSPS) is 14.7. The maximum atomic E-state index is 3.81. The number of rotatable bonds is 5. The zero-order valence-electron chi connectivity index (χ0n) is 7.69. The maximum Gasteiger partial charge on any atom is 0.0105 e. The Hall–Kier alpha value is -0.740. The Morgan fingerprint density at radius 1 is 1.55 bits per heavy atom. The molecule has 0 amide bonds. The summed E-state index contributed by atoms with van der Waals surface area (Å²) in [7, 11) is 0. The molecular formula is C11H18. The molecule has 0 aromatic heterocycles. The monoisotopic (exact) mass is 150 g/mol.